The molecule has 0 aliphatic rings. The van der Waals surface area contributed by atoms with Crippen LogP contribution in [0.5, 0.6) is 0 Å². The van der Waals surface area contributed by atoms with E-state index >= 15 is 0 Å². The minimum absolute atomic E-state index is 0.310. The van der Waals surface area contributed by atoms with Gasteiger partial charge in [-0.3, -0.25) is 9.78 Å². The Labute approximate surface area is 88.9 Å². The van der Waals surface area contributed by atoms with Gasteiger partial charge in [-0.25, -0.2) is 0 Å². The molecule has 0 saturated heterocycles. The van der Waals surface area contributed by atoms with Gasteiger partial charge in [0, 0.05) is 10.7 Å². The second-order valence-corrected chi connectivity index (χ2v) is 3.60. The predicted molar refractivity (Wildman–Crippen MR) is 55.0 cm³/mol. The largest absolute Gasteiger partial charge is 0.452 e. The zero-order valence-electron chi connectivity index (χ0n) is 7.11. The van der Waals surface area contributed by atoms with Crippen LogP contribution < -0.4 is 0 Å². The Hall–Kier alpha value is -1.42. The summed E-state index contributed by atoms with van der Waals surface area (Å²) in [5.74, 6) is 0.907. The molecule has 0 aliphatic carbocycles. The number of hydrogen-bond acceptors (Lipinski definition) is 3. The quantitative estimate of drug-likeness (QED) is 0.771. The molecule has 0 unspecified atom stereocenters. The Morgan fingerprint density at radius 3 is 2.71 bits per heavy atom. The van der Waals surface area contributed by atoms with Crippen molar-refractivity contribution >= 4 is 22.2 Å². The average molecular weight is 252 g/mol. The van der Waals surface area contributed by atoms with E-state index in [4.69, 9.17) is 4.42 Å². The molecule has 0 aromatic carbocycles. The van der Waals surface area contributed by atoms with E-state index in [-0.39, 0.29) is 0 Å². The minimum Gasteiger partial charge on any atom is -0.452 e. The third kappa shape index (κ3) is 1.75. The molecule has 70 valence electrons. The molecule has 0 atom stereocenters. The molecule has 0 radical (unpaired) electrons. The molecule has 4 heteroatoms. The first kappa shape index (κ1) is 9.15. The Kier molecular flexibility index (Phi) is 2.45. The second kappa shape index (κ2) is 3.75. The lowest BCUT2D eigenvalue weighted by Gasteiger charge is -1.94. The summed E-state index contributed by atoms with van der Waals surface area (Å²) in [4.78, 5) is 14.5. The lowest BCUT2D eigenvalue weighted by atomic mass is 10.3. The minimum atomic E-state index is 0.310. The predicted octanol–water partition coefficient (Wildman–Crippen LogP) is 2.92. The highest BCUT2D eigenvalue weighted by Crippen LogP contribution is 2.20. The third-order valence-corrected chi connectivity index (χ3v) is 2.19. The highest BCUT2D eigenvalue weighted by atomic mass is 79.9. The van der Waals surface area contributed by atoms with Crippen LogP contribution in [-0.4, -0.2) is 11.3 Å². The summed E-state index contributed by atoms with van der Waals surface area (Å²) in [7, 11) is 0. The summed E-state index contributed by atoms with van der Waals surface area (Å²) in [6.07, 6.45) is 2.35. The van der Waals surface area contributed by atoms with Gasteiger partial charge in [0.1, 0.15) is 5.69 Å². The highest BCUT2D eigenvalue weighted by molar-refractivity contribution is 9.10. The third-order valence-electron chi connectivity index (χ3n) is 1.72. The molecule has 0 fully saturated rings. The van der Waals surface area contributed by atoms with Crippen LogP contribution in [0.4, 0.5) is 0 Å². The van der Waals surface area contributed by atoms with Gasteiger partial charge in [-0.15, -0.1) is 0 Å². The van der Waals surface area contributed by atoms with Gasteiger partial charge in [-0.1, -0.05) is 0 Å². The van der Waals surface area contributed by atoms with Gasteiger partial charge in [0.25, 0.3) is 0 Å². The van der Waals surface area contributed by atoms with E-state index in [2.05, 4.69) is 20.9 Å². The van der Waals surface area contributed by atoms with Crippen LogP contribution in [0.2, 0.25) is 0 Å². The van der Waals surface area contributed by atoms with Gasteiger partial charge >= 0.3 is 0 Å². The molecule has 0 saturated carbocycles. The topological polar surface area (TPSA) is 43.1 Å². The molecule has 3 nitrogen and oxygen atoms in total. The first-order valence-corrected chi connectivity index (χ1v) is 4.76. The monoisotopic (exact) mass is 251 g/mol. The van der Waals surface area contributed by atoms with Gasteiger partial charge < -0.3 is 4.42 Å². The number of hydrogen-bond donors (Lipinski definition) is 0. The summed E-state index contributed by atoms with van der Waals surface area (Å²) in [6.45, 7) is 0. The zero-order chi connectivity index (χ0) is 9.97. The molecule has 0 N–H and O–H groups in total. The van der Waals surface area contributed by atoms with Crippen LogP contribution in [0.1, 0.15) is 10.6 Å². The molecule has 2 rings (SSSR count). The maximum absolute atomic E-state index is 10.4. The first-order valence-electron chi connectivity index (χ1n) is 3.96. The number of nitrogens with zero attached hydrogens (tertiary/aromatic N) is 1. The van der Waals surface area contributed by atoms with Gasteiger partial charge in [0.15, 0.2) is 17.8 Å². The maximum atomic E-state index is 10.4. The Balaban J connectivity index is 2.39. The van der Waals surface area contributed by atoms with Crippen molar-refractivity contribution in [3.05, 3.63) is 40.7 Å². The van der Waals surface area contributed by atoms with E-state index in [1.165, 1.54) is 0 Å². The number of carbonyl (C=O) groups excluding carboxylic acids is 1. The van der Waals surface area contributed by atoms with Crippen molar-refractivity contribution in [1.82, 2.24) is 4.98 Å². The normalized spacial score (nSPS) is 10.1. The second-order valence-electron chi connectivity index (χ2n) is 2.68. The summed E-state index contributed by atoms with van der Waals surface area (Å²) < 4.78 is 6.12. The van der Waals surface area contributed by atoms with Crippen molar-refractivity contribution in [2.24, 2.45) is 0 Å². The number of pyridine rings is 1. The van der Waals surface area contributed by atoms with Crippen LogP contribution >= 0.6 is 15.9 Å². The Bertz CT molecular complexity index is 447. The van der Waals surface area contributed by atoms with Gasteiger partial charge in [0.2, 0.25) is 0 Å². The fraction of sp³-hybridized carbons (Fsp3) is 0. The van der Waals surface area contributed by atoms with Crippen LogP contribution in [0.15, 0.2) is 39.4 Å². The highest BCUT2D eigenvalue weighted by Gasteiger charge is 2.04. The van der Waals surface area contributed by atoms with Crippen LogP contribution in [0, 0.1) is 0 Å². The van der Waals surface area contributed by atoms with E-state index in [1.807, 2.05) is 12.1 Å². The lowest BCUT2D eigenvalue weighted by molar-refractivity contribution is 0.110. The summed E-state index contributed by atoms with van der Waals surface area (Å²) in [6, 6.07) is 7.02. The summed E-state index contributed by atoms with van der Waals surface area (Å²) >= 11 is 3.29. The lowest BCUT2D eigenvalue weighted by Crippen LogP contribution is -1.79. The van der Waals surface area contributed by atoms with Gasteiger partial charge in [0.05, 0.1) is 0 Å². The van der Waals surface area contributed by atoms with Crippen molar-refractivity contribution in [2.75, 3.05) is 0 Å². The molecular formula is C10H6BrNO2. The molecule has 2 aromatic rings. The average Bonchev–Trinajstić information content (AvgIpc) is 2.67. The Morgan fingerprint density at radius 1 is 1.29 bits per heavy atom. The van der Waals surface area contributed by atoms with Crippen molar-refractivity contribution in [1.29, 1.82) is 0 Å². The first-order chi connectivity index (χ1) is 6.79. The fourth-order valence-electron chi connectivity index (χ4n) is 1.08. The summed E-state index contributed by atoms with van der Waals surface area (Å²) in [5.41, 5.74) is 0.710. The smallest absolute Gasteiger partial charge is 0.185 e. The van der Waals surface area contributed by atoms with Crippen LogP contribution in [-0.2, 0) is 0 Å². The van der Waals surface area contributed by atoms with E-state index in [0.29, 0.717) is 23.5 Å². The van der Waals surface area contributed by atoms with Crippen molar-refractivity contribution in [2.45, 2.75) is 0 Å². The number of rotatable bonds is 2. The standard InChI is InChI=1S/C10H6BrNO2/c11-7-1-3-9(12-5-7)10-4-2-8(6-13)14-10/h1-6H. The van der Waals surface area contributed by atoms with E-state index in [9.17, 15) is 4.79 Å². The van der Waals surface area contributed by atoms with E-state index in [1.54, 1.807) is 18.3 Å². The number of halogens is 1. The number of aromatic nitrogens is 1. The van der Waals surface area contributed by atoms with E-state index < -0.39 is 0 Å². The van der Waals surface area contributed by atoms with Crippen LogP contribution in [0.25, 0.3) is 11.5 Å². The zero-order valence-corrected chi connectivity index (χ0v) is 8.69. The SMILES string of the molecule is O=Cc1ccc(-c2ccc(Br)cn2)o1. The molecule has 0 spiro atoms. The molecule has 0 amide bonds. The van der Waals surface area contributed by atoms with Crippen LogP contribution in [0.3, 0.4) is 0 Å². The molecule has 2 aromatic heterocycles. The molecule has 0 aliphatic heterocycles. The number of aldehydes is 1. The molecular weight excluding hydrogens is 246 g/mol. The van der Waals surface area contributed by atoms with E-state index in [0.717, 1.165) is 4.47 Å². The van der Waals surface area contributed by atoms with Crippen molar-refractivity contribution < 1.29 is 9.21 Å². The van der Waals surface area contributed by atoms with Crippen molar-refractivity contribution in [3.63, 3.8) is 0 Å². The van der Waals surface area contributed by atoms with Gasteiger partial charge in [-0.2, -0.15) is 0 Å². The molecule has 14 heavy (non-hydrogen) atoms. The van der Waals surface area contributed by atoms with Crippen molar-refractivity contribution in [3.8, 4) is 11.5 Å². The number of furan rings is 1. The Morgan fingerprint density at radius 2 is 2.14 bits per heavy atom. The summed E-state index contributed by atoms with van der Waals surface area (Å²) in [5, 5.41) is 0. The number of carbonyl (C=O) groups is 1. The molecule has 2 heterocycles. The maximum Gasteiger partial charge on any atom is 0.185 e. The molecule has 0 bridgehead atoms. The van der Waals surface area contributed by atoms with Gasteiger partial charge in [-0.05, 0) is 40.2 Å². The fourth-order valence-corrected chi connectivity index (χ4v) is 1.31.